The third-order valence-corrected chi connectivity index (χ3v) is 4.81. The third kappa shape index (κ3) is 5.00. The van der Waals surface area contributed by atoms with Crippen LogP contribution >= 0.6 is 0 Å². The molecule has 4 aromatic rings. The van der Waals surface area contributed by atoms with E-state index in [-0.39, 0.29) is 5.56 Å². The largest absolute Gasteiger partial charge is 0.378 e. The fourth-order valence-electron chi connectivity index (χ4n) is 3.20. The van der Waals surface area contributed by atoms with Gasteiger partial charge in [-0.15, -0.1) is 0 Å². The summed E-state index contributed by atoms with van der Waals surface area (Å²) in [4.78, 5) is 23.6. The molecule has 9 heteroatoms. The molecule has 3 aromatic heterocycles. The molecule has 1 aromatic carbocycles. The van der Waals surface area contributed by atoms with Crippen LogP contribution in [0, 0.1) is 25.5 Å². The molecule has 0 bridgehead atoms. The van der Waals surface area contributed by atoms with Crippen LogP contribution in [0.15, 0.2) is 48.8 Å². The van der Waals surface area contributed by atoms with Gasteiger partial charge in [0.15, 0.2) is 5.65 Å². The minimum atomic E-state index is -0.699. The number of ether oxygens (including phenoxy) is 1. The summed E-state index contributed by atoms with van der Waals surface area (Å²) in [6.45, 7) is 6.19. The van der Waals surface area contributed by atoms with Crippen LogP contribution < -0.4 is 4.90 Å². The molecule has 0 N–H and O–H groups in total. The number of halogens is 2. The van der Waals surface area contributed by atoms with E-state index in [4.69, 9.17) is 4.74 Å². The number of aryl methyl sites for hydroxylation is 2. The molecule has 0 atom stereocenters. The Morgan fingerprint density at radius 3 is 2.38 bits per heavy atom. The number of morpholine rings is 1. The Labute approximate surface area is 184 Å². The molecule has 0 radical (unpaired) electrons. The van der Waals surface area contributed by atoms with Crippen molar-refractivity contribution in [3.63, 3.8) is 0 Å². The maximum absolute atomic E-state index is 14.3. The van der Waals surface area contributed by atoms with E-state index in [0.717, 1.165) is 11.8 Å². The Balaban J connectivity index is 0.000000300. The fourth-order valence-corrected chi connectivity index (χ4v) is 3.20. The average Bonchev–Trinajstić information content (AvgIpc) is 2.80. The van der Waals surface area contributed by atoms with Crippen LogP contribution in [-0.2, 0) is 4.74 Å². The van der Waals surface area contributed by atoms with Gasteiger partial charge in [0.1, 0.15) is 22.8 Å². The molecule has 164 valence electrons. The van der Waals surface area contributed by atoms with Gasteiger partial charge >= 0.3 is 0 Å². The summed E-state index contributed by atoms with van der Waals surface area (Å²) in [6, 6.07) is 9.24. The number of hydrogen-bond acceptors (Lipinski definition) is 7. The van der Waals surface area contributed by atoms with Crippen LogP contribution in [0.2, 0.25) is 0 Å². The Morgan fingerprint density at radius 1 is 0.906 bits per heavy atom. The molecule has 0 unspecified atom stereocenters. The van der Waals surface area contributed by atoms with Crippen molar-refractivity contribution in [3.8, 4) is 11.3 Å². The summed E-state index contributed by atoms with van der Waals surface area (Å²) in [7, 11) is 0. The topological polar surface area (TPSA) is 76.9 Å². The van der Waals surface area contributed by atoms with Gasteiger partial charge in [-0.1, -0.05) is 6.07 Å². The average molecular weight is 436 g/mol. The first kappa shape index (κ1) is 21.6. The molecule has 1 aliphatic rings. The van der Waals surface area contributed by atoms with Crippen molar-refractivity contribution in [1.29, 1.82) is 0 Å². The molecule has 0 aliphatic carbocycles. The van der Waals surface area contributed by atoms with Crippen LogP contribution in [0.25, 0.3) is 22.4 Å². The van der Waals surface area contributed by atoms with E-state index >= 15 is 0 Å². The molecule has 32 heavy (non-hydrogen) atoms. The summed E-state index contributed by atoms with van der Waals surface area (Å²) in [5, 5.41) is 0. The molecule has 0 saturated carbocycles. The predicted molar refractivity (Wildman–Crippen MR) is 117 cm³/mol. The summed E-state index contributed by atoms with van der Waals surface area (Å²) in [5.41, 5.74) is 3.01. The lowest BCUT2D eigenvalue weighted by Gasteiger charge is -2.27. The maximum Gasteiger partial charge on any atom is 0.228 e. The highest BCUT2D eigenvalue weighted by Gasteiger charge is 2.20. The molecular weight excluding hydrogens is 414 g/mol. The lowest BCUT2D eigenvalue weighted by Crippen LogP contribution is -2.37. The van der Waals surface area contributed by atoms with Gasteiger partial charge in [0, 0.05) is 42.8 Å². The molecule has 1 fully saturated rings. The number of fused-ring (bicyclic) bond motifs is 1. The standard InChI is InChI=1S/C17H15F2N5O.C6H7N/c1-10-9-20-15-14(12-3-2-11(18)8-13(12)19)22-17(23-16(15)21-10)24-4-6-25-7-5-24;1-6-4-2-3-5-7-6/h2-3,8-9H,4-7H2,1H3;2-5H,1H3. The van der Waals surface area contributed by atoms with E-state index in [1.54, 1.807) is 19.3 Å². The van der Waals surface area contributed by atoms with Crippen molar-refractivity contribution in [2.24, 2.45) is 0 Å². The molecule has 7 nitrogen and oxygen atoms in total. The van der Waals surface area contributed by atoms with E-state index in [2.05, 4.69) is 24.9 Å². The van der Waals surface area contributed by atoms with Gasteiger partial charge in [0.05, 0.1) is 18.9 Å². The van der Waals surface area contributed by atoms with Gasteiger partial charge in [-0.3, -0.25) is 4.98 Å². The molecule has 0 amide bonds. The van der Waals surface area contributed by atoms with Crippen LogP contribution in [0.5, 0.6) is 0 Å². The summed E-state index contributed by atoms with van der Waals surface area (Å²) in [5.74, 6) is -0.903. The number of hydrogen-bond donors (Lipinski definition) is 0. The Bertz CT molecular complexity index is 1220. The van der Waals surface area contributed by atoms with Crippen molar-refractivity contribution < 1.29 is 13.5 Å². The number of rotatable bonds is 2. The molecule has 5 rings (SSSR count). The molecule has 1 saturated heterocycles. The summed E-state index contributed by atoms with van der Waals surface area (Å²) < 4.78 is 33.0. The fraction of sp³-hybridized carbons (Fsp3) is 0.261. The van der Waals surface area contributed by atoms with Crippen LogP contribution in [0.1, 0.15) is 11.4 Å². The number of aromatic nitrogens is 5. The predicted octanol–water partition coefficient (Wildman–Crippen LogP) is 3.90. The Hall–Kier alpha value is -3.59. The second-order valence-electron chi connectivity index (χ2n) is 7.25. The van der Waals surface area contributed by atoms with Gasteiger partial charge in [0.25, 0.3) is 0 Å². The third-order valence-electron chi connectivity index (χ3n) is 4.81. The lowest BCUT2D eigenvalue weighted by molar-refractivity contribution is 0.122. The number of nitrogens with zero attached hydrogens (tertiary/aromatic N) is 6. The minimum Gasteiger partial charge on any atom is -0.378 e. The van der Waals surface area contributed by atoms with E-state index in [1.165, 1.54) is 12.1 Å². The first-order valence-corrected chi connectivity index (χ1v) is 10.2. The van der Waals surface area contributed by atoms with E-state index in [0.29, 0.717) is 54.8 Å². The number of pyridine rings is 1. The zero-order chi connectivity index (χ0) is 22.5. The second-order valence-corrected chi connectivity index (χ2v) is 7.25. The van der Waals surface area contributed by atoms with Crippen molar-refractivity contribution >= 4 is 17.1 Å². The second kappa shape index (κ2) is 9.69. The molecule has 0 spiro atoms. The monoisotopic (exact) mass is 436 g/mol. The van der Waals surface area contributed by atoms with Gasteiger partial charge < -0.3 is 9.64 Å². The molecule has 4 heterocycles. The van der Waals surface area contributed by atoms with Gasteiger partial charge in [-0.2, -0.15) is 4.98 Å². The quantitative estimate of drug-likeness (QED) is 0.472. The normalized spacial score (nSPS) is 13.6. The van der Waals surface area contributed by atoms with Crippen molar-refractivity contribution in [3.05, 3.63) is 71.8 Å². The van der Waals surface area contributed by atoms with Crippen LogP contribution in [0.3, 0.4) is 0 Å². The van der Waals surface area contributed by atoms with Crippen molar-refractivity contribution in [2.45, 2.75) is 13.8 Å². The zero-order valence-corrected chi connectivity index (χ0v) is 17.8. The zero-order valence-electron chi connectivity index (χ0n) is 17.8. The van der Waals surface area contributed by atoms with E-state index in [1.807, 2.05) is 30.0 Å². The first-order chi connectivity index (χ1) is 15.5. The van der Waals surface area contributed by atoms with Crippen molar-refractivity contribution in [2.75, 3.05) is 31.2 Å². The minimum absolute atomic E-state index is 0.168. The van der Waals surface area contributed by atoms with Gasteiger partial charge in [0.2, 0.25) is 5.95 Å². The number of anilines is 1. The van der Waals surface area contributed by atoms with Crippen LogP contribution in [-0.4, -0.2) is 51.2 Å². The summed E-state index contributed by atoms with van der Waals surface area (Å²) >= 11 is 0. The maximum atomic E-state index is 14.3. The highest BCUT2D eigenvalue weighted by molar-refractivity contribution is 5.88. The first-order valence-electron chi connectivity index (χ1n) is 10.2. The van der Waals surface area contributed by atoms with E-state index < -0.39 is 11.6 Å². The summed E-state index contributed by atoms with van der Waals surface area (Å²) in [6.07, 6.45) is 3.36. The SMILES string of the molecule is Cc1ccccn1.Cc1cnc2c(-c3ccc(F)cc3F)nc(N3CCOCC3)nc2n1. The Kier molecular flexibility index (Phi) is 6.55. The number of benzene rings is 1. The van der Waals surface area contributed by atoms with Crippen molar-refractivity contribution in [1.82, 2.24) is 24.9 Å². The molecular formula is C23H22F2N6O. The highest BCUT2D eigenvalue weighted by atomic mass is 19.1. The smallest absolute Gasteiger partial charge is 0.228 e. The van der Waals surface area contributed by atoms with E-state index in [9.17, 15) is 8.78 Å². The van der Waals surface area contributed by atoms with Gasteiger partial charge in [-0.25, -0.2) is 23.7 Å². The highest BCUT2D eigenvalue weighted by Crippen LogP contribution is 2.29. The Morgan fingerprint density at radius 2 is 1.72 bits per heavy atom. The van der Waals surface area contributed by atoms with Crippen LogP contribution in [0.4, 0.5) is 14.7 Å². The lowest BCUT2D eigenvalue weighted by atomic mass is 10.1. The molecule has 1 aliphatic heterocycles. The van der Waals surface area contributed by atoms with Gasteiger partial charge in [-0.05, 0) is 38.1 Å².